The molecule has 2 aromatic rings. The zero-order valence-corrected chi connectivity index (χ0v) is 25.5. The highest BCUT2D eigenvalue weighted by Crippen LogP contribution is 2.66. The molecule has 1 unspecified atom stereocenters. The molecule has 2 N–H and O–H groups in total. The van der Waals surface area contributed by atoms with E-state index in [9.17, 15) is 13.5 Å². The Morgan fingerprint density at radius 1 is 1.00 bits per heavy atom. The SMILES string of the molecule is C/C(=N\NS(=O)(=O)c1cccc2c(N(C)C)cccc12)[C@H]1CC[C@H]2[C@@H]3CC=C4CC(O)CC[C@]4(C)[C@H]3CC[C@]12C. The Kier molecular flexibility index (Phi) is 6.85. The van der Waals surface area contributed by atoms with Crippen LogP contribution in [0.3, 0.4) is 0 Å². The Labute approximate surface area is 240 Å². The number of rotatable bonds is 5. The molecule has 0 amide bonds. The van der Waals surface area contributed by atoms with E-state index in [1.165, 1.54) is 18.4 Å². The lowest BCUT2D eigenvalue weighted by molar-refractivity contribution is -0.0423. The molecular formula is C33H45N3O3S. The molecule has 7 atom stereocenters. The van der Waals surface area contributed by atoms with Crippen molar-refractivity contribution in [2.45, 2.75) is 83.1 Å². The third-order valence-corrected chi connectivity index (χ3v) is 12.8. The summed E-state index contributed by atoms with van der Waals surface area (Å²) < 4.78 is 27.1. The second kappa shape index (κ2) is 9.87. The van der Waals surface area contributed by atoms with Gasteiger partial charge in [0.2, 0.25) is 0 Å². The van der Waals surface area contributed by atoms with Crippen molar-refractivity contribution in [2.75, 3.05) is 19.0 Å². The smallest absolute Gasteiger partial charge is 0.277 e. The van der Waals surface area contributed by atoms with Crippen LogP contribution in [0.5, 0.6) is 0 Å². The number of hydrogen-bond donors (Lipinski definition) is 2. The van der Waals surface area contributed by atoms with Crippen LogP contribution in [0.15, 0.2) is 58.0 Å². The van der Waals surface area contributed by atoms with Crippen LogP contribution < -0.4 is 9.73 Å². The van der Waals surface area contributed by atoms with Crippen LogP contribution in [-0.4, -0.2) is 39.4 Å². The van der Waals surface area contributed by atoms with Crippen molar-refractivity contribution in [2.24, 2.45) is 39.6 Å². The van der Waals surface area contributed by atoms with Crippen LogP contribution in [0, 0.1) is 34.5 Å². The number of hydrogen-bond acceptors (Lipinski definition) is 5. The van der Waals surface area contributed by atoms with Gasteiger partial charge in [-0.3, -0.25) is 0 Å². The fourth-order valence-corrected chi connectivity index (χ4v) is 10.6. The maximum absolute atomic E-state index is 13.5. The number of aliphatic hydroxyl groups is 1. The minimum atomic E-state index is -3.83. The third-order valence-electron chi connectivity index (χ3n) is 11.6. The van der Waals surface area contributed by atoms with Gasteiger partial charge in [-0.2, -0.15) is 13.5 Å². The van der Waals surface area contributed by atoms with Crippen LogP contribution in [0.4, 0.5) is 5.69 Å². The summed E-state index contributed by atoms with van der Waals surface area (Å²) in [6, 6.07) is 11.2. The van der Waals surface area contributed by atoms with Gasteiger partial charge in [-0.05, 0) is 99.0 Å². The first-order valence-corrected chi connectivity index (χ1v) is 16.6. The number of aliphatic hydroxyl groups excluding tert-OH is 1. The Bertz CT molecular complexity index is 1480. The molecule has 0 aliphatic heterocycles. The second-order valence-corrected chi connectivity index (χ2v) is 15.3. The summed E-state index contributed by atoms with van der Waals surface area (Å²) in [4.78, 5) is 4.88. The quantitative estimate of drug-likeness (QED) is 0.247. The molecule has 0 spiro atoms. The van der Waals surface area contributed by atoms with E-state index in [0.717, 1.165) is 55.3 Å². The van der Waals surface area contributed by atoms with Crippen LogP contribution >= 0.6 is 0 Å². The first-order chi connectivity index (χ1) is 19.0. The Morgan fingerprint density at radius 3 is 2.52 bits per heavy atom. The van der Waals surface area contributed by atoms with Gasteiger partial charge in [-0.25, -0.2) is 4.83 Å². The van der Waals surface area contributed by atoms with E-state index in [1.54, 1.807) is 12.1 Å². The van der Waals surface area contributed by atoms with Crippen molar-refractivity contribution < 1.29 is 13.5 Å². The van der Waals surface area contributed by atoms with Gasteiger partial charge in [0.1, 0.15) is 0 Å². The predicted molar refractivity (Wildman–Crippen MR) is 163 cm³/mol. The van der Waals surface area contributed by atoms with Gasteiger partial charge < -0.3 is 10.0 Å². The molecule has 6 rings (SSSR count). The summed E-state index contributed by atoms with van der Waals surface area (Å²) in [6.45, 7) is 6.93. The molecule has 3 saturated carbocycles. The molecule has 0 aromatic heterocycles. The van der Waals surface area contributed by atoms with Gasteiger partial charge in [-0.15, -0.1) is 0 Å². The van der Waals surface area contributed by atoms with E-state index in [2.05, 4.69) is 29.9 Å². The number of benzene rings is 2. The Morgan fingerprint density at radius 2 is 1.75 bits per heavy atom. The fraction of sp³-hybridized carbons (Fsp3) is 0.606. The summed E-state index contributed by atoms with van der Waals surface area (Å²) in [5.74, 6) is 2.26. The average molecular weight is 564 g/mol. The molecule has 3 fully saturated rings. The number of nitrogens with one attached hydrogen (secondary N) is 1. The van der Waals surface area contributed by atoms with E-state index in [-0.39, 0.29) is 27.7 Å². The van der Waals surface area contributed by atoms with Crippen molar-refractivity contribution in [3.63, 3.8) is 0 Å². The summed E-state index contributed by atoms with van der Waals surface area (Å²) in [5.41, 5.74) is 3.75. The molecular weight excluding hydrogens is 518 g/mol. The number of fused-ring (bicyclic) bond motifs is 6. The molecule has 6 nitrogen and oxygen atoms in total. The number of allylic oxidation sites excluding steroid dienone is 1. The van der Waals surface area contributed by atoms with E-state index in [1.807, 2.05) is 50.2 Å². The number of nitrogens with zero attached hydrogens (tertiary/aromatic N) is 2. The molecule has 4 aliphatic carbocycles. The minimum Gasteiger partial charge on any atom is -0.393 e. The van der Waals surface area contributed by atoms with E-state index >= 15 is 0 Å². The monoisotopic (exact) mass is 563 g/mol. The van der Waals surface area contributed by atoms with Crippen LogP contribution in [0.2, 0.25) is 0 Å². The van der Waals surface area contributed by atoms with Gasteiger partial charge in [0.25, 0.3) is 10.0 Å². The summed E-state index contributed by atoms with van der Waals surface area (Å²) in [5, 5.41) is 16.5. The summed E-state index contributed by atoms with van der Waals surface area (Å²) in [7, 11) is 0.0986. The van der Waals surface area contributed by atoms with E-state index in [0.29, 0.717) is 23.1 Å². The normalized spacial score (nSPS) is 35.9. The van der Waals surface area contributed by atoms with Crippen LogP contribution in [0.25, 0.3) is 10.8 Å². The van der Waals surface area contributed by atoms with E-state index < -0.39 is 10.0 Å². The highest BCUT2D eigenvalue weighted by Gasteiger charge is 2.59. The molecule has 0 saturated heterocycles. The number of hydrazone groups is 1. The standard InChI is InChI=1S/C33H45N3O3S/c1-21(34-35-40(38,39)31-11-7-8-24-25(31)9-6-10-30(24)36(4)5)27-14-15-28-26-13-12-22-20-23(37)16-18-32(22,2)29(26)17-19-33(27,28)3/h6-12,23,26-29,35,37H,13-20H2,1-5H3/b34-21+/t23?,26-,27+,28-,29-,32-,33+/m0/s1. The highest BCUT2D eigenvalue weighted by atomic mass is 32.2. The molecule has 4 aliphatic rings. The van der Waals surface area contributed by atoms with Gasteiger partial charge >= 0.3 is 0 Å². The van der Waals surface area contributed by atoms with Crippen molar-refractivity contribution in [1.29, 1.82) is 0 Å². The minimum absolute atomic E-state index is 0.135. The van der Waals surface area contributed by atoms with Crippen molar-refractivity contribution in [3.05, 3.63) is 48.0 Å². The summed E-state index contributed by atoms with van der Waals surface area (Å²) in [6.07, 6.45) is 10.9. The molecule has 0 bridgehead atoms. The lowest BCUT2D eigenvalue weighted by Gasteiger charge is -2.58. The van der Waals surface area contributed by atoms with Crippen LogP contribution in [0.1, 0.15) is 72.1 Å². The number of sulfonamides is 1. The second-order valence-electron chi connectivity index (χ2n) is 13.7. The first kappa shape index (κ1) is 27.8. The third kappa shape index (κ3) is 4.30. The summed E-state index contributed by atoms with van der Waals surface area (Å²) >= 11 is 0. The van der Waals surface area contributed by atoms with Crippen LogP contribution in [-0.2, 0) is 10.0 Å². The van der Waals surface area contributed by atoms with Crippen molar-refractivity contribution in [1.82, 2.24) is 4.83 Å². The molecule has 2 aromatic carbocycles. The lowest BCUT2D eigenvalue weighted by Crippen LogP contribution is -2.51. The maximum Gasteiger partial charge on any atom is 0.277 e. The zero-order chi connectivity index (χ0) is 28.4. The van der Waals surface area contributed by atoms with Gasteiger partial charge in [-0.1, -0.05) is 49.8 Å². The largest absolute Gasteiger partial charge is 0.393 e. The molecule has 216 valence electrons. The molecule has 40 heavy (non-hydrogen) atoms. The van der Waals surface area contributed by atoms with Crippen molar-refractivity contribution in [3.8, 4) is 0 Å². The Balaban J connectivity index is 1.24. The fourth-order valence-electron chi connectivity index (χ4n) is 9.48. The van der Waals surface area contributed by atoms with Gasteiger partial charge in [0, 0.05) is 42.2 Å². The van der Waals surface area contributed by atoms with Crippen molar-refractivity contribution >= 4 is 32.2 Å². The zero-order valence-electron chi connectivity index (χ0n) is 24.7. The van der Waals surface area contributed by atoms with Gasteiger partial charge in [0.05, 0.1) is 11.0 Å². The molecule has 0 radical (unpaired) electrons. The average Bonchev–Trinajstić information content (AvgIpc) is 3.28. The van der Waals surface area contributed by atoms with E-state index in [4.69, 9.17) is 0 Å². The predicted octanol–water partition coefficient (Wildman–Crippen LogP) is 6.50. The maximum atomic E-state index is 13.5. The number of anilines is 1. The van der Waals surface area contributed by atoms with Gasteiger partial charge in [0.15, 0.2) is 0 Å². The highest BCUT2D eigenvalue weighted by molar-refractivity contribution is 7.89. The Hall–Kier alpha value is -2.38. The topological polar surface area (TPSA) is 82.0 Å². The molecule has 7 heteroatoms. The first-order valence-electron chi connectivity index (χ1n) is 15.1. The lowest BCUT2D eigenvalue weighted by atomic mass is 9.47. The molecule has 0 heterocycles.